The van der Waals surface area contributed by atoms with Crippen molar-refractivity contribution in [3.8, 4) is 0 Å². The van der Waals surface area contributed by atoms with E-state index in [9.17, 15) is 0 Å². The average molecular weight is 242 g/mol. The highest BCUT2D eigenvalue weighted by molar-refractivity contribution is 4.85. The lowest BCUT2D eigenvalue weighted by molar-refractivity contribution is 0.235. The molecule has 0 aliphatic heterocycles. The Labute approximate surface area is 109 Å². The summed E-state index contributed by atoms with van der Waals surface area (Å²) < 4.78 is 0. The molecule has 0 aromatic carbocycles. The topological polar surface area (TPSA) is 38.0 Å². The van der Waals surface area contributed by atoms with E-state index in [4.69, 9.17) is 5.73 Å². The second kappa shape index (κ2) is 7.38. The fraction of sp³-hybridized carbons (Fsp3) is 1.00. The fourth-order valence-corrected chi connectivity index (χ4v) is 2.59. The number of hydrogen-bond donors (Lipinski definition) is 2. The second-order valence-electron chi connectivity index (χ2n) is 6.59. The Morgan fingerprint density at radius 2 is 1.47 bits per heavy atom. The number of hydrogen-bond acceptors (Lipinski definition) is 2. The maximum Gasteiger partial charge on any atom is 0.0173 e. The summed E-state index contributed by atoms with van der Waals surface area (Å²) in [6.07, 6.45) is 4.80. The first-order valence-electron chi connectivity index (χ1n) is 7.27. The van der Waals surface area contributed by atoms with Gasteiger partial charge in [-0.1, -0.05) is 41.5 Å². The standard InChI is InChI=1S/C15H34N2/c1-7-15(8-2,9-3)17-12-13(11-16)10-14(4,5)6/h13,17H,7-12,16H2,1-6H3. The summed E-state index contributed by atoms with van der Waals surface area (Å²) in [5.74, 6) is 0.596. The third kappa shape index (κ3) is 6.42. The smallest absolute Gasteiger partial charge is 0.0173 e. The van der Waals surface area contributed by atoms with Crippen LogP contribution in [-0.2, 0) is 0 Å². The third-order valence-corrected chi connectivity index (χ3v) is 4.03. The van der Waals surface area contributed by atoms with E-state index >= 15 is 0 Å². The van der Waals surface area contributed by atoms with Crippen molar-refractivity contribution < 1.29 is 0 Å². The summed E-state index contributed by atoms with van der Waals surface area (Å²) >= 11 is 0. The first kappa shape index (κ1) is 16.9. The predicted octanol–water partition coefficient (Wildman–Crippen LogP) is 3.56. The van der Waals surface area contributed by atoms with Crippen LogP contribution in [0.5, 0.6) is 0 Å². The molecule has 0 aromatic rings. The highest BCUT2D eigenvalue weighted by Crippen LogP contribution is 2.25. The van der Waals surface area contributed by atoms with E-state index in [0.717, 1.165) is 13.1 Å². The van der Waals surface area contributed by atoms with E-state index < -0.39 is 0 Å². The molecule has 0 amide bonds. The normalized spacial score (nSPS) is 15.0. The van der Waals surface area contributed by atoms with Crippen molar-refractivity contribution >= 4 is 0 Å². The van der Waals surface area contributed by atoms with Crippen molar-refractivity contribution in [3.05, 3.63) is 0 Å². The van der Waals surface area contributed by atoms with E-state index in [1.165, 1.54) is 25.7 Å². The SMILES string of the molecule is CCC(CC)(CC)NCC(CN)CC(C)(C)C. The van der Waals surface area contributed by atoms with Crippen molar-refractivity contribution in [2.75, 3.05) is 13.1 Å². The predicted molar refractivity (Wildman–Crippen MR) is 78.2 cm³/mol. The van der Waals surface area contributed by atoms with Gasteiger partial charge in [0.05, 0.1) is 0 Å². The molecule has 2 heteroatoms. The van der Waals surface area contributed by atoms with Crippen molar-refractivity contribution in [1.82, 2.24) is 5.32 Å². The van der Waals surface area contributed by atoms with E-state index in [1.807, 2.05) is 0 Å². The first-order chi connectivity index (χ1) is 7.82. The van der Waals surface area contributed by atoms with Gasteiger partial charge in [-0.05, 0) is 50.1 Å². The molecule has 17 heavy (non-hydrogen) atoms. The van der Waals surface area contributed by atoms with Crippen LogP contribution in [0.4, 0.5) is 0 Å². The Morgan fingerprint density at radius 3 is 1.76 bits per heavy atom. The molecule has 0 saturated carbocycles. The highest BCUT2D eigenvalue weighted by Gasteiger charge is 2.25. The lowest BCUT2D eigenvalue weighted by atomic mass is 9.83. The summed E-state index contributed by atoms with van der Waals surface area (Å²) in [4.78, 5) is 0. The van der Waals surface area contributed by atoms with Crippen LogP contribution in [0.1, 0.15) is 67.2 Å². The molecule has 0 bridgehead atoms. The van der Waals surface area contributed by atoms with Gasteiger partial charge in [0.15, 0.2) is 0 Å². The molecule has 0 aliphatic carbocycles. The summed E-state index contributed by atoms with van der Waals surface area (Å²) in [6, 6.07) is 0. The number of nitrogens with one attached hydrogen (secondary N) is 1. The zero-order valence-electron chi connectivity index (χ0n) is 12.9. The van der Waals surface area contributed by atoms with Gasteiger partial charge < -0.3 is 11.1 Å². The van der Waals surface area contributed by atoms with Gasteiger partial charge in [-0.15, -0.1) is 0 Å². The minimum absolute atomic E-state index is 0.325. The molecule has 0 saturated heterocycles. The molecule has 0 aromatic heterocycles. The maximum atomic E-state index is 5.89. The molecule has 0 radical (unpaired) electrons. The lowest BCUT2D eigenvalue weighted by Crippen LogP contribution is -2.47. The van der Waals surface area contributed by atoms with Crippen molar-refractivity contribution in [1.29, 1.82) is 0 Å². The molecule has 0 fully saturated rings. The average Bonchev–Trinajstić information content (AvgIpc) is 2.28. The minimum atomic E-state index is 0.325. The van der Waals surface area contributed by atoms with Crippen LogP contribution >= 0.6 is 0 Å². The van der Waals surface area contributed by atoms with Crippen molar-refractivity contribution in [2.45, 2.75) is 72.8 Å². The van der Waals surface area contributed by atoms with Crippen LogP contribution in [0.15, 0.2) is 0 Å². The molecule has 104 valence electrons. The molecular formula is C15H34N2. The monoisotopic (exact) mass is 242 g/mol. The van der Waals surface area contributed by atoms with Gasteiger partial charge in [0.25, 0.3) is 0 Å². The minimum Gasteiger partial charge on any atom is -0.330 e. The van der Waals surface area contributed by atoms with Crippen LogP contribution in [0.2, 0.25) is 0 Å². The Balaban J connectivity index is 4.30. The highest BCUT2D eigenvalue weighted by atomic mass is 15.0. The molecule has 0 spiro atoms. The summed E-state index contributed by atoms with van der Waals surface area (Å²) in [7, 11) is 0. The first-order valence-corrected chi connectivity index (χ1v) is 7.27. The molecule has 1 unspecified atom stereocenters. The molecule has 3 N–H and O–H groups in total. The van der Waals surface area contributed by atoms with Crippen LogP contribution in [-0.4, -0.2) is 18.6 Å². The van der Waals surface area contributed by atoms with Gasteiger partial charge in [-0.2, -0.15) is 0 Å². The Bertz CT molecular complexity index is 181. The summed E-state index contributed by atoms with van der Waals surface area (Å²) in [5.41, 5.74) is 6.59. The molecule has 2 nitrogen and oxygen atoms in total. The van der Waals surface area contributed by atoms with Crippen molar-refractivity contribution in [3.63, 3.8) is 0 Å². The third-order valence-electron chi connectivity index (χ3n) is 4.03. The lowest BCUT2D eigenvalue weighted by Gasteiger charge is -2.35. The van der Waals surface area contributed by atoms with Crippen LogP contribution < -0.4 is 11.1 Å². The molecule has 0 aliphatic rings. The second-order valence-corrected chi connectivity index (χ2v) is 6.59. The molecular weight excluding hydrogens is 208 g/mol. The van der Waals surface area contributed by atoms with Crippen LogP contribution in [0.25, 0.3) is 0 Å². The number of nitrogens with two attached hydrogens (primary N) is 1. The van der Waals surface area contributed by atoms with E-state index in [-0.39, 0.29) is 0 Å². The van der Waals surface area contributed by atoms with Gasteiger partial charge in [0.1, 0.15) is 0 Å². The van der Waals surface area contributed by atoms with Crippen LogP contribution in [0, 0.1) is 11.3 Å². The van der Waals surface area contributed by atoms with Crippen LogP contribution in [0.3, 0.4) is 0 Å². The van der Waals surface area contributed by atoms with Gasteiger partial charge in [-0.25, -0.2) is 0 Å². The largest absolute Gasteiger partial charge is 0.330 e. The quantitative estimate of drug-likeness (QED) is 0.683. The Hall–Kier alpha value is -0.0800. The van der Waals surface area contributed by atoms with Gasteiger partial charge >= 0.3 is 0 Å². The Kier molecular flexibility index (Phi) is 7.34. The van der Waals surface area contributed by atoms with Crippen molar-refractivity contribution in [2.24, 2.45) is 17.1 Å². The Morgan fingerprint density at radius 1 is 1.00 bits per heavy atom. The zero-order chi connectivity index (χ0) is 13.5. The zero-order valence-corrected chi connectivity index (χ0v) is 12.9. The summed E-state index contributed by atoms with van der Waals surface area (Å²) in [5, 5.41) is 3.78. The molecule has 1 atom stereocenters. The molecule has 0 heterocycles. The molecule has 0 rings (SSSR count). The summed E-state index contributed by atoms with van der Waals surface area (Å²) in [6.45, 7) is 15.6. The number of rotatable bonds is 8. The maximum absolute atomic E-state index is 5.89. The van der Waals surface area contributed by atoms with E-state index in [2.05, 4.69) is 46.9 Å². The van der Waals surface area contributed by atoms with Gasteiger partial charge in [0, 0.05) is 5.54 Å². The van der Waals surface area contributed by atoms with E-state index in [1.54, 1.807) is 0 Å². The fourth-order valence-electron chi connectivity index (χ4n) is 2.59. The van der Waals surface area contributed by atoms with E-state index in [0.29, 0.717) is 16.9 Å². The van der Waals surface area contributed by atoms with Gasteiger partial charge in [0.2, 0.25) is 0 Å². The van der Waals surface area contributed by atoms with Gasteiger partial charge in [-0.3, -0.25) is 0 Å².